The lowest BCUT2D eigenvalue weighted by atomic mass is 10.2. The average Bonchev–Trinajstić information content (AvgIpc) is 3.21. The van der Waals surface area contributed by atoms with Crippen molar-refractivity contribution in [3.8, 4) is 5.75 Å². The number of ether oxygens (including phenoxy) is 1. The molecule has 0 aliphatic heterocycles. The zero-order valence-corrected chi connectivity index (χ0v) is 20.5. The number of benzene rings is 1. The third kappa shape index (κ3) is 6.31. The van der Waals surface area contributed by atoms with Crippen LogP contribution in [0, 0.1) is 6.92 Å². The van der Waals surface area contributed by atoms with Crippen molar-refractivity contribution in [2.45, 2.75) is 30.9 Å². The number of imidazole rings is 1. The lowest BCUT2D eigenvalue weighted by Gasteiger charge is -2.15. The summed E-state index contributed by atoms with van der Waals surface area (Å²) in [5.74, 6) is -0.804. The van der Waals surface area contributed by atoms with Gasteiger partial charge in [-0.1, -0.05) is 17.3 Å². The molecule has 0 N–H and O–H groups in total. The monoisotopic (exact) mass is 525 g/mol. The maximum absolute atomic E-state index is 13.3. The Balaban J connectivity index is 1.91. The van der Waals surface area contributed by atoms with Gasteiger partial charge in [0.25, 0.3) is 5.91 Å². The Labute approximate surface area is 206 Å². The summed E-state index contributed by atoms with van der Waals surface area (Å²) in [6.07, 6.45) is -4.34. The van der Waals surface area contributed by atoms with E-state index in [9.17, 15) is 27.3 Å². The van der Waals surface area contributed by atoms with Crippen LogP contribution in [0.2, 0.25) is 0 Å². The van der Waals surface area contributed by atoms with Crippen molar-refractivity contribution in [2.75, 3.05) is 20.7 Å². The van der Waals surface area contributed by atoms with Gasteiger partial charge >= 0.3 is 17.4 Å². The predicted octanol–water partition coefficient (Wildman–Crippen LogP) is 3.44. The van der Waals surface area contributed by atoms with Crippen LogP contribution in [0.3, 0.4) is 0 Å². The van der Waals surface area contributed by atoms with E-state index in [1.807, 2.05) is 0 Å². The molecule has 36 heavy (non-hydrogen) atoms. The molecule has 1 atom stereocenters. The van der Waals surface area contributed by atoms with Crippen LogP contribution < -0.4 is 4.74 Å². The molecule has 3 rings (SSSR count). The molecule has 0 fully saturated rings. The van der Waals surface area contributed by atoms with Crippen molar-refractivity contribution in [3.05, 3.63) is 47.8 Å². The van der Waals surface area contributed by atoms with Crippen LogP contribution in [-0.2, 0) is 26.6 Å². The van der Waals surface area contributed by atoms with E-state index in [0.29, 0.717) is 5.52 Å². The molecule has 192 valence electrons. The van der Waals surface area contributed by atoms with Crippen molar-refractivity contribution in [2.24, 2.45) is 5.16 Å². The van der Waals surface area contributed by atoms with Gasteiger partial charge in [-0.15, -0.1) is 0 Å². The minimum Gasteiger partial charge on any atom is -0.609 e. The number of amides is 1. The molecule has 10 nitrogen and oxygen atoms in total. The van der Waals surface area contributed by atoms with Gasteiger partial charge in [0.05, 0.1) is 16.7 Å². The standard InChI is InChI=1S/C22H22F3N5O5S/c1-13-16(26-10-9-18(13)34-12-22(23,24)25)11-36(33)20-27-15-7-5-6-8-17(15)30(20)21(32)35-28-14(2)19(31)29(3)4/h5-10H,11-12H2,1-4H3/b28-14+. The molecular weight excluding hydrogens is 503 g/mol. The number of pyridine rings is 1. The maximum atomic E-state index is 13.3. The van der Waals surface area contributed by atoms with E-state index in [1.54, 1.807) is 24.3 Å². The molecule has 2 aromatic heterocycles. The smallest absolute Gasteiger partial charge is 0.449 e. The van der Waals surface area contributed by atoms with Crippen LogP contribution in [0.15, 0.2) is 46.8 Å². The second-order valence-corrected chi connectivity index (χ2v) is 9.07. The van der Waals surface area contributed by atoms with E-state index >= 15 is 0 Å². The summed E-state index contributed by atoms with van der Waals surface area (Å²) in [6.45, 7) is 1.36. The number of hydrogen-bond acceptors (Lipinski definition) is 8. The summed E-state index contributed by atoms with van der Waals surface area (Å²) in [7, 11) is 3.01. The predicted molar refractivity (Wildman–Crippen MR) is 124 cm³/mol. The number of para-hydroxylation sites is 2. The molecule has 3 aromatic rings. The maximum Gasteiger partial charge on any atom is 0.449 e. The van der Waals surface area contributed by atoms with Crippen molar-refractivity contribution < 1.29 is 36.9 Å². The zero-order valence-electron chi connectivity index (χ0n) is 19.7. The number of alkyl halides is 3. The highest BCUT2D eigenvalue weighted by Crippen LogP contribution is 2.27. The zero-order chi connectivity index (χ0) is 26.6. The van der Waals surface area contributed by atoms with Crippen molar-refractivity contribution >= 4 is 39.9 Å². The van der Waals surface area contributed by atoms with Gasteiger partial charge in [-0.25, -0.2) is 4.79 Å². The van der Waals surface area contributed by atoms with Crippen LogP contribution in [0.5, 0.6) is 5.75 Å². The summed E-state index contributed by atoms with van der Waals surface area (Å²) in [4.78, 5) is 39.4. The van der Waals surface area contributed by atoms with Gasteiger partial charge in [-0.05, 0) is 32.0 Å². The molecule has 0 radical (unpaired) electrons. The normalized spacial score (nSPS) is 12.9. The lowest BCUT2D eigenvalue weighted by Crippen LogP contribution is -2.28. The Hall–Kier alpha value is -3.65. The first-order chi connectivity index (χ1) is 16.9. The SMILES string of the molecule is C/C(=N\OC(=O)n1c([S+]([O-])Cc2nccc(OCC(F)(F)F)c2C)nc2ccccc21)C(=O)N(C)C. The van der Waals surface area contributed by atoms with Gasteiger partial charge in [0.2, 0.25) is 0 Å². The highest BCUT2D eigenvalue weighted by molar-refractivity contribution is 7.90. The largest absolute Gasteiger partial charge is 0.609 e. The number of rotatable bonds is 7. The minimum absolute atomic E-state index is 0.0578. The number of fused-ring (bicyclic) bond motifs is 1. The van der Waals surface area contributed by atoms with Gasteiger partial charge in [-0.2, -0.15) is 22.7 Å². The van der Waals surface area contributed by atoms with Crippen LogP contribution in [0.25, 0.3) is 11.0 Å². The highest BCUT2D eigenvalue weighted by Gasteiger charge is 2.31. The molecule has 1 unspecified atom stereocenters. The number of hydrogen-bond donors (Lipinski definition) is 0. The molecule has 0 bridgehead atoms. The molecule has 0 saturated carbocycles. The van der Waals surface area contributed by atoms with Crippen molar-refractivity contribution in [1.29, 1.82) is 0 Å². The van der Waals surface area contributed by atoms with E-state index in [-0.39, 0.29) is 39.1 Å². The number of halogens is 3. The van der Waals surface area contributed by atoms with Crippen LogP contribution in [0.4, 0.5) is 18.0 Å². The van der Waals surface area contributed by atoms with E-state index in [1.165, 1.54) is 45.1 Å². The van der Waals surface area contributed by atoms with Crippen LogP contribution in [-0.4, -0.2) is 68.6 Å². The molecule has 1 aromatic carbocycles. The van der Waals surface area contributed by atoms with Gasteiger partial charge in [-0.3, -0.25) is 14.6 Å². The molecule has 0 aliphatic carbocycles. The number of nitrogens with zero attached hydrogens (tertiary/aromatic N) is 5. The Bertz CT molecular complexity index is 1310. The lowest BCUT2D eigenvalue weighted by molar-refractivity contribution is -0.153. The summed E-state index contributed by atoms with van der Waals surface area (Å²) in [6, 6.07) is 7.73. The topological polar surface area (TPSA) is 122 Å². The molecule has 1 amide bonds. The van der Waals surface area contributed by atoms with Gasteiger partial charge in [0.1, 0.15) is 11.5 Å². The summed E-state index contributed by atoms with van der Waals surface area (Å²) in [5, 5.41) is 3.38. The average molecular weight is 526 g/mol. The fourth-order valence-corrected chi connectivity index (χ4v) is 4.30. The van der Waals surface area contributed by atoms with E-state index < -0.39 is 36.0 Å². The quantitative estimate of drug-likeness (QED) is 0.200. The van der Waals surface area contributed by atoms with Gasteiger partial charge < -0.3 is 14.2 Å². The molecule has 2 heterocycles. The molecular formula is C22H22F3N5O5S. The van der Waals surface area contributed by atoms with E-state index in [4.69, 9.17) is 9.57 Å². The second kappa shape index (κ2) is 11.0. The minimum atomic E-state index is -4.53. The third-order valence-electron chi connectivity index (χ3n) is 4.81. The van der Waals surface area contributed by atoms with Crippen molar-refractivity contribution in [3.63, 3.8) is 0 Å². The summed E-state index contributed by atoms with van der Waals surface area (Å²) in [5.41, 5.74) is 1.00. The summed E-state index contributed by atoms with van der Waals surface area (Å²) >= 11 is -1.98. The first-order valence-electron chi connectivity index (χ1n) is 10.4. The fourth-order valence-electron chi connectivity index (χ4n) is 3.05. The number of carbonyl (C=O) groups excluding carboxylic acids is 2. The molecule has 0 saturated heterocycles. The van der Waals surface area contributed by atoms with E-state index in [0.717, 1.165) is 4.57 Å². The molecule has 0 spiro atoms. The number of oxime groups is 1. The second-order valence-electron chi connectivity index (χ2n) is 7.73. The first-order valence-corrected chi connectivity index (χ1v) is 11.7. The third-order valence-corrected chi connectivity index (χ3v) is 6.03. The Kier molecular flexibility index (Phi) is 8.20. The Morgan fingerprint density at radius 3 is 2.58 bits per heavy atom. The number of aromatic nitrogens is 3. The van der Waals surface area contributed by atoms with Crippen LogP contribution in [0.1, 0.15) is 18.2 Å². The van der Waals surface area contributed by atoms with Crippen molar-refractivity contribution in [1.82, 2.24) is 19.4 Å². The summed E-state index contributed by atoms with van der Waals surface area (Å²) < 4.78 is 56.7. The van der Waals surface area contributed by atoms with Crippen LogP contribution >= 0.6 is 0 Å². The Morgan fingerprint density at radius 2 is 1.92 bits per heavy atom. The van der Waals surface area contributed by atoms with E-state index in [2.05, 4.69) is 15.1 Å². The fraction of sp³-hybridized carbons (Fsp3) is 0.318. The first kappa shape index (κ1) is 26.9. The highest BCUT2D eigenvalue weighted by atomic mass is 32.2. The Morgan fingerprint density at radius 1 is 1.22 bits per heavy atom. The van der Waals surface area contributed by atoms with Gasteiger partial charge in [0, 0.05) is 37.0 Å². The number of carbonyl (C=O) groups is 2. The molecule has 0 aliphatic rings. The van der Waals surface area contributed by atoms with Gasteiger partial charge in [0.15, 0.2) is 12.4 Å². The molecule has 14 heteroatoms.